The molecule has 0 aromatic rings. The van der Waals surface area contributed by atoms with E-state index >= 15 is 0 Å². The highest BCUT2D eigenvalue weighted by molar-refractivity contribution is 6.44. The van der Waals surface area contributed by atoms with E-state index in [1.165, 1.54) is 0 Å². The topological polar surface area (TPSA) is 29.4 Å². The van der Waals surface area contributed by atoms with Crippen LogP contribution in [0.25, 0.3) is 0 Å². The maximum atomic E-state index is 9.53. The van der Waals surface area contributed by atoms with E-state index < -0.39 is 10.9 Å². The Hall–Kier alpha value is 0.180. The molecule has 0 aliphatic carbocycles. The van der Waals surface area contributed by atoms with Crippen molar-refractivity contribution in [1.82, 2.24) is 0 Å². The van der Waals surface area contributed by atoms with Crippen LogP contribution in [0, 0.1) is 4.91 Å². The zero-order valence-electron chi connectivity index (χ0n) is 3.77. The maximum Gasteiger partial charge on any atom is 0.133 e. The molecule has 0 N–H and O–H groups in total. The molecule has 4 heteroatoms. The molecule has 0 rings (SSSR count). The van der Waals surface area contributed by atoms with Gasteiger partial charge in [-0.05, 0) is 6.92 Å². The SMILES string of the molecule is CC(N=O)C(Cl)Cl. The van der Waals surface area contributed by atoms with Crippen molar-refractivity contribution in [2.75, 3.05) is 0 Å². The van der Waals surface area contributed by atoms with Crippen molar-refractivity contribution in [3.8, 4) is 0 Å². The second-order valence-corrected chi connectivity index (χ2v) is 2.34. The third-order valence-electron chi connectivity index (χ3n) is 0.531. The van der Waals surface area contributed by atoms with Gasteiger partial charge in [0, 0.05) is 0 Å². The predicted octanol–water partition coefficient (Wildman–Crippen LogP) is 1.95. The number of rotatable bonds is 2. The minimum absolute atomic E-state index is 0.497. The van der Waals surface area contributed by atoms with E-state index in [4.69, 9.17) is 23.2 Å². The van der Waals surface area contributed by atoms with Crippen molar-refractivity contribution in [1.29, 1.82) is 0 Å². The molecule has 0 amide bonds. The summed E-state index contributed by atoms with van der Waals surface area (Å²) in [6, 6.07) is -0.497. The van der Waals surface area contributed by atoms with Gasteiger partial charge in [-0.3, -0.25) is 0 Å². The number of alkyl halides is 2. The largest absolute Gasteiger partial charge is 0.150 e. The van der Waals surface area contributed by atoms with Crippen LogP contribution in [0.3, 0.4) is 0 Å². The molecule has 1 atom stereocenters. The molecule has 7 heavy (non-hydrogen) atoms. The number of hydrogen-bond acceptors (Lipinski definition) is 2. The van der Waals surface area contributed by atoms with Crippen LogP contribution < -0.4 is 0 Å². The second kappa shape index (κ2) is 3.22. The van der Waals surface area contributed by atoms with Crippen molar-refractivity contribution in [3.05, 3.63) is 4.91 Å². The fourth-order valence-corrected chi connectivity index (χ4v) is 0.138. The fourth-order valence-electron chi connectivity index (χ4n) is 0.0460. The number of nitroso groups, excluding NO2 is 1. The minimum atomic E-state index is -0.669. The Labute approximate surface area is 51.8 Å². The van der Waals surface area contributed by atoms with Crippen molar-refractivity contribution >= 4 is 23.2 Å². The monoisotopic (exact) mass is 141 g/mol. The lowest BCUT2D eigenvalue weighted by Gasteiger charge is -1.97. The van der Waals surface area contributed by atoms with E-state index in [1.54, 1.807) is 6.92 Å². The van der Waals surface area contributed by atoms with Gasteiger partial charge < -0.3 is 0 Å². The van der Waals surface area contributed by atoms with E-state index in [0.29, 0.717) is 0 Å². The van der Waals surface area contributed by atoms with Crippen LogP contribution >= 0.6 is 23.2 Å². The van der Waals surface area contributed by atoms with E-state index in [9.17, 15) is 4.91 Å². The Morgan fingerprint density at radius 3 is 2.00 bits per heavy atom. The average molecular weight is 142 g/mol. The van der Waals surface area contributed by atoms with Crippen LogP contribution in [0.2, 0.25) is 0 Å². The molecule has 1 unspecified atom stereocenters. The van der Waals surface area contributed by atoms with Gasteiger partial charge in [0.1, 0.15) is 10.9 Å². The molecule has 0 saturated carbocycles. The van der Waals surface area contributed by atoms with E-state index in [-0.39, 0.29) is 0 Å². The summed E-state index contributed by atoms with van der Waals surface area (Å²) in [5.74, 6) is 0. The van der Waals surface area contributed by atoms with Crippen LogP contribution in [0.1, 0.15) is 6.92 Å². The zero-order valence-corrected chi connectivity index (χ0v) is 5.28. The summed E-state index contributed by atoms with van der Waals surface area (Å²) in [6.07, 6.45) is 0. The van der Waals surface area contributed by atoms with Gasteiger partial charge in [0.2, 0.25) is 0 Å². The maximum absolute atomic E-state index is 9.53. The molecule has 0 spiro atoms. The lowest BCUT2D eigenvalue weighted by atomic mass is 10.4. The van der Waals surface area contributed by atoms with Crippen molar-refractivity contribution in [3.63, 3.8) is 0 Å². The molecule has 0 aromatic heterocycles. The standard InChI is InChI=1S/C3H5Cl2NO/c1-2(6-7)3(4)5/h2-3H,1H3. The summed E-state index contributed by atoms with van der Waals surface area (Å²) in [5.41, 5.74) is 0. The van der Waals surface area contributed by atoms with Gasteiger partial charge >= 0.3 is 0 Å². The highest BCUT2D eigenvalue weighted by Crippen LogP contribution is 2.09. The first-order valence-electron chi connectivity index (χ1n) is 1.79. The highest BCUT2D eigenvalue weighted by atomic mass is 35.5. The Bertz CT molecular complexity index is 66.0. The lowest BCUT2D eigenvalue weighted by molar-refractivity contribution is 0.799. The van der Waals surface area contributed by atoms with Crippen molar-refractivity contribution in [2.45, 2.75) is 17.8 Å². The van der Waals surface area contributed by atoms with Crippen LogP contribution in [-0.2, 0) is 0 Å². The van der Waals surface area contributed by atoms with E-state index in [1.807, 2.05) is 0 Å². The van der Waals surface area contributed by atoms with Crippen LogP contribution in [0.15, 0.2) is 5.18 Å². The third kappa shape index (κ3) is 2.83. The lowest BCUT2D eigenvalue weighted by Crippen LogP contribution is -2.05. The Kier molecular flexibility index (Phi) is 3.30. The molecule has 0 heterocycles. The molecule has 0 aliphatic heterocycles. The molecule has 0 fully saturated rings. The first-order chi connectivity index (χ1) is 3.18. The molecule has 0 saturated heterocycles. The average Bonchev–Trinajstić information content (AvgIpc) is 1.65. The van der Waals surface area contributed by atoms with E-state index in [0.717, 1.165) is 0 Å². The quantitative estimate of drug-likeness (QED) is 0.427. The molecule has 0 radical (unpaired) electrons. The van der Waals surface area contributed by atoms with Crippen molar-refractivity contribution in [2.24, 2.45) is 5.18 Å². The molecule has 0 bridgehead atoms. The summed E-state index contributed by atoms with van der Waals surface area (Å²) in [7, 11) is 0. The fraction of sp³-hybridized carbons (Fsp3) is 1.00. The Morgan fingerprint density at radius 2 is 2.00 bits per heavy atom. The van der Waals surface area contributed by atoms with Crippen LogP contribution in [-0.4, -0.2) is 10.9 Å². The van der Waals surface area contributed by atoms with Gasteiger partial charge in [-0.15, -0.1) is 23.2 Å². The molecule has 0 aliphatic rings. The highest BCUT2D eigenvalue weighted by Gasteiger charge is 2.08. The summed E-state index contributed by atoms with van der Waals surface area (Å²) in [5, 5.41) is 2.57. The third-order valence-corrected chi connectivity index (χ3v) is 1.26. The molecule has 42 valence electrons. The summed E-state index contributed by atoms with van der Waals surface area (Å²) < 4.78 is 0. The van der Waals surface area contributed by atoms with Gasteiger partial charge in [-0.25, -0.2) is 0 Å². The van der Waals surface area contributed by atoms with Crippen LogP contribution in [0.4, 0.5) is 0 Å². The molecule has 0 aromatic carbocycles. The van der Waals surface area contributed by atoms with E-state index in [2.05, 4.69) is 5.18 Å². The molecule has 2 nitrogen and oxygen atoms in total. The van der Waals surface area contributed by atoms with Gasteiger partial charge in [0.05, 0.1) is 0 Å². The van der Waals surface area contributed by atoms with Gasteiger partial charge in [0.25, 0.3) is 0 Å². The Morgan fingerprint density at radius 1 is 1.57 bits per heavy atom. The van der Waals surface area contributed by atoms with Crippen molar-refractivity contribution < 1.29 is 0 Å². The van der Waals surface area contributed by atoms with Gasteiger partial charge in [0.15, 0.2) is 0 Å². The van der Waals surface area contributed by atoms with Crippen LogP contribution in [0.5, 0.6) is 0 Å². The second-order valence-electron chi connectivity index (χ2n) is 1.18. The first-order valence-corrected chi connectivity index (χ1v) is 2.66. The molecular weight excluding hydrogens is 137 g/mol. The predicted molar refractivity (Wildman–Crippen MR) is 30.8 cm³/mol. The first kappa shape index (κ1) is 7.18. The summed E-state index contributed by atoms with van der Waals surface area (Å²) in [6.45, 7) is 1.55. The normalized spacial score (nSPS) is 14.3. The van der Waals surface area contributed by atoms with Gasteiger partial charge in [-0.2, -0.15) is 4.91 Å². The summed E-state index contributed by atoms with van der Waals surface area (Å²) in [4.78, 5) is 8.86. The number of halogens is 2. The minimum Gasteiger partial charge on any atom is -0.150 e. The van der Waals surface area contributed by atoms with Gasteiger partial charge in [-0.1, -0.05) is 5.18 Å². The molecular formula is C3H5Cl2NO. The smallest absolute Gasteiger partial charge is 0.133 e. The summed E-state index contributed by atoms with van der Waals surface area (Å²) >= 11 is 10.4. The number of hydrogen-bond donors (Lipinski definition) is 0. The zero-order chi connectivity index (χ0) is 5.86. The Balaban J connectivity index is 3.33. The number of nitrogens with zero attached hydrogens (tertiary/aromatic N) is 1.